The fourth-order valence-electron chi connectivity index (χ4n) is 5.68. The van der Waals surface area contributed by atoms with Crippen LogP contribution in [0, 0.1) is 6.92 Å². The fraction of sp³-hybridized carbons (Fsp3) is 0.452. The molecule has 2 heterocycles. The lowest BCUT2D eigenvalue weighted by atomic mass is 9.88. The molecule has 350 valence electrons. The van der Waals surface area contributed by atoms with Crippen LogP contribution in [0.4, 0.5) is 5.82 Å². The van der Waals surface area contributed by atoms with Gasteiger partial charge >= 0.3 is 11.9 Å². The Morgan fingerprint density at radius 1 is 0.797 bits per heavy atom. The molecule has 2 aromatic carbocycles. The van der Waals surface area contributed by atoms with E-state index in [4.69, 9.17) is 44.5 Å². The molecule has 0 radical (unpaired) electrons. The minimum absolute atomic E-state index is 0.00644. The Labute approximate surface area is 371 Å². The molecule has 4 rings (SSSR count). The van der Waals surface area contributed by atoms with Gasteiger partial charge in [0, 0.05) is 24.6 Å². The van der Waals surface area contributed by atoms with E-state index in [2.05, 4.69) is 29.3 Å². The van der Waals surface area contributed by atoms with Gasteiger partial charge in [0.1, 0.15) is 24.7 Å². The van der Waals surface area contributed by atoms with E-state index < -0.39 is 52.1 Å². The van der Waals surface area contributed by atoms with E-state index in [0.29, 0.717) is 61.2 Å². The van der Waals surface area contributed by atoms with Gasteiger partial charge in [0.25, 0.3) is 15.9 Å². The molecule has 0 aliphatic carbocycles. The van der Waals surface area contributed by atoms with Crippen molar-refractivity contribution in [3.8, 4) is 34.5 Å². The highest BCUT2D eigenvalue weighted by atomic mass is 32.2. The topological polar surface area (TPSA) is 271 Å². The van der Waals surface area contributed by atoms with Crippen molar-refractivity contribution in [1.29, 1.82) is 0 Å². The molecule has 0 saturated heterocycles. The number of hydrogen-bond donors (Lipinski definition) is 5. The Morgan fingerprint density at radius 2 is 1.44 bits per heavy atom. The van der Waals surface area contributed by atoms with Gasteiger partial charge in [-0.2, -0.15) is 13.4 Å². The van der Waals surface area contributed by atoms with E-state index in [1.807, 2.05) is 20.8 Å². The first-order chi connectivity index (χ1) is 30.4. The van der Waals surface area contributed by atoms with Crippen molar-refractivity contribution in [3.63, 3.8) is 0 Å². The first kappa shape index (κ1) is 51.1. The molecular formula is C42H56N6O15S. The Kier molecular flexibility index (Phi) is 20.0. The van der Waals surface area contributed by atoms with Crippen LogP contribution in [0.15, 0.2) is 71.9 Å². The monoisotopic (exact) mass is 916 g/mol. The van der Waals surface area contributed by atoms with Gasteiger partial charge in [0.15, 0.2) is 22.8 Å². The van der Waals surface area contributed by atoms with Gasteiger partial charge in [-0.15, -0.1) is 0 Å². The Hall–Kier alpha value is -5.56. The second-order valence-electron chi connectivity index (χ2n) is 15.3. The van der Waals surface area contributed by atoms with Crippen molar-refractivity contribution in [2.75, 3.05) is 38.3 Å². The number of ether oxygens (including phenoxy) is 5. The largest absolute Gasteiger partial charge is 0.497 e. The third kappa shape index (κ3) is 17.2. The lowest BCUT2D eigenvalue weighted by molar-refractivity contribution is -0.492. The first-order valence-electron chi connectivity index (χ1n) is 20.3. The molecule has 1 unspecified atom stereocenters. The van der Waals surface area contributed by atoms with Crippen LogP contribution in [0.3, 0.4) is 0 Å². The molecule has 0 aliphatic heterocycles. The summed E-state index contributed by atoms with van der Waals surface area (Å²) in [7, 11) is -2.92. The van der Waals surface area contributed by atoms with E-state index in [-0.39, 0.29) is 59.8 Å². The van der Waals surface area contributed by atoms with Gasteiger partial charge in [-0.05, 0) is 85.5 Å². The third-order valence-electron chi connectivity index (χ3n) is 9.20. The van der Waals surface area contributed by atoms with Gasteiger partial charge in [0.2, 0.25) is 5.75 Å². The maximum Gasteiger partial charge on any atom is 0.306 e. The zero-order valence-corrected chi connectivity index (χ0v) is 37.2. The van der Waals surface area contributed by atoms with Crippen molar-refractivity contribution < 1.29 is 72.2 Å². The second kappa shape index (κ2) is 25.1. The molecule has 0 amide bonds. The lowest BCUT2D eigenvalue weighted by Crippen LogP contribution is -2.31. The number of aryl methyl sites for hydroxylation is 1. The van der Waals surface area contributed by atoms with Crippen molar-refractivity contribution in [2.45, 2.75) is 95.6 Å². The van der Waals surface area contributed by atoms with E-state index in [1.54, 1.807) is 61.5 Å². The Bertz CT molecular complexity index is 2190. The van der Waals surface area contributed by atoms with Gasteiger partial charge in [-0.25, -0.2) is 9.97 Å². The number of rotatable bonds is 27. The van der Waals surface area contributed by atoms with Crippen molar-refractivity contribution in [2.24, 2.45) is 0 Å². The highest BCUT2D eigenvalue weighted by Gasteiger charge is 2.28. The van der Waals surface area contributed by atoms with E-state index in [1.165, 1.54) is 19.4 Å². The highest BCUT2D eigenvalue weighted by molar-refractivity contribution is 7.92. The summed E-state index contributed by atoms with van der Waals surface area (Å²) in [6.45, 7) is 6.81. The Balaban J connectivity index is 1.69. The van der Waals surface area contributed by atoms with Crippen LogP contribution in [0.1, 0.15) is 83.3 Å². The summed E-state index contributed by atoms with van der Waals surface area (Å²) in [5, 5.41) is 33.7. The SMILES string of the molecule is COc1ccc(-c2nc(NS(=O)(=O)c3ccc(C(C)(C)C)cn3)c(Oc3ccccc3C)c(OCC(COC(=O)CCCCCON(O)O)OC(=O)CCCCCON(O)O)n2)cc1. The zero-order valence-electron chi connectivity index (χ0n) is 36.3. The molecule has 0 bridgehead atoms. The average molecular weight is 917 g/mol. The number of esters is 2. The molecule has 22 heteroatoms. The number of carbonyl (C=O) groups excluding carboxylic acids is 2. The van der Waals surface area contributed by atoms with E-state index in [0.717, 1.165) is 5.56 Å². The van der Waals surface area contributed by atoms with Crippen LogP contribution in [-0.4, -0.2) is 107 Å². The van der Waals surface area contributed by atoms with E-state index >= 15 is 0 Å². The lowest BCUT2D eigenvalue weighted by Gasteiger charge is -2.21. The summed E-state index contributed by atoms with van der Waals surface area (Å²) in [5.74, 6) is -1.24. The van der Waals surface area contributed by atoms with Crippen LogP contribution in [0.2, 0.25) is 0 Å². The fourth-order valence-corrected chi connectivity index (χ4v) is 6.62. The molecule has 0 saturated carbocycles. The molecule has 0 fully saturated rings. The summed E-state index contributed by atoms with van der Waals surface area (Å²) in [6, 6.07) is 16.6. The minimum atomic E-state index is -4.43. The number of hydrogen-bond acceptors (Lipinski definition) is 20. The quantitative estimate of drug-likeness (QED) is 0.0236. The molecule has 2 aromatic heterocycles. The van der Waals surface area contributed by atoms with Crippen molar-refractivity contribution in [3.05, 3.63) is 78.0 Å². The maximum atomic E-state index is 14.0. The number of unbranched alkanes of at least 4 members (excludes halogenated alkanes) is 4. The summed E-state index contributed by atoms with van der Waals surface area (Å²) in [5.41, 5.74) is 1.62. The average Bonchev–Trinajstić information content (AvgIpc) is 3.25. The summed E-state index contributed by atoms with van der Waals surface area (Å²) < 4.78 is 59.7. The maximum absolute atomic E-state index is 14.0. The van der Waals surface area contributed by atoms with Crippen LogP contribution in [0.5, 0.6) is 23.1 Å². The summed E-state index contributed by atoms with van der Waals surface area (Å²) >= 11 is 0. The molecular weight excluding hydrogens is 861 g/mol. The predicted molar refractivity (Wildman–Crippen MR) is 225 cm³/mol. The van der Waals surface area contributed by atoms with Crippen molar-refractivity contribution >= 4 is 27.8 Å². The first-order valence-corrected chi connectivity index (χ1v) is 21.8. The number of nitrogens with one attached hydrogen (secondary N) is 1. The minimum Gasteiger partial charge on any atom is -0.497 e. The zero-order chi connectivity index (χ0) is 46.7. The smallest absolute Gasteiger partial charge is 0.306 e. The molecule has 21 nitrogen and oxygen atoms in total. The van der Waals surface area contributed by atoms with Gasteiger partial charge in [-0.1, -0.05) is 57.9 Å². The molecule has 64 heavy (non-hydrogen) atoms. The van der Waals surface area contributed by atoms with E-state index in [9.17, 15) is 18.0 Å². The molecule has 4 aromatic rings. The standard InChI is InChI=1S/C42H56N6O15S/c1-29-14-10-11-15-34(29)63-38-40(46-64(55,56)35-23-20-31(26-43-35)42(2,3)4)44-39(30-18-21-32(57-5)22-19-30)45-41(38)59-28-33(62-37(50)17-9-7-13-25-61-48(53)54)27-58-36(49)16-8-6-12-24-60-47(51)52/h10-11,14-15,18-23,26,33,51-54H,6-9,12-13,16-17,24-25,27-28H2,1-5H3,(H,44,45,46). The number of pyridine rings is 1. The third-order valence-corrected chi connectivity index (χ3v) is 10.4. The molecule has 0 aliphatic rings. The Morgan fingerprint density at radius 3 is 2.02 bits per heavy atom. The number of carbonyl (C=O) groups is 2. The van der Waals surface area contributed by atoms with Gasteiger partial charge in [-0.3, -0.25) is 44.8 Å². The normalized spacial score (nSPS) is 12.2. The number of benzene rings is 2. The number of para-hydroxylation sites is 1. The van der Waals surface area contributed by atoms with Gasteiger partial charge in [0.05, 0.1) is 31.1 Å². The predicted octanol–water partition coefficient (Wildman–Crippen LogP) is 6.72. The number of nitrogens with zero attached hydrogens (tertiary/aromatic N) is 5. The molecule has 5 N–H and O–H groups in total. The van der Waals surface area contributed by atoms with Crippen LogP contribution in [0.25, 0.3) is 11.4 Å². The van der Waals surface area contributed by atoms with Crippen LogP contribution >= 0.6 is 0 Å². The number of aromatic nitrogens is 3. The van der Waals surface area contributed by atoms with Crippen molar-refractivity contribution in [1.82, 2.24) is 25.7 Å². The van der Waals surface area contributed by atoms with Crippen LogP contribution < -0.4 is 18.9 Å². The van der Waals surface area contributed by atoms with Gasteiger partial charge < -0.3 is 23.7 Å². The number of sulfonamides is 1. The number of methoxy groups -OCH3 is 1. The molecule has 0 spiro atoms. The van der Waals surface area contributed by atoms with Crippen LogP contribution in [-0.2, 0) is 44.2 Å². The molecule has 1 atom stereocenters. The second-order valence-corrected chi connectivity index (χ2v) is 16.9. The highest BCUT2D eigenvalue weighted by Crippen LogP contribution is 2.40. The number of anilines is 1. The summed E-state index contributed by atoms with van der Waals surface area (Å²) in [4.78, 5) is 48.4. The summed E-state index contributed by atoms with van der Waals surface area (Å²) in [6.07, 6.45) is 2.75.